The first kappa shape index (κ1) is 36.3. The minimum absolute atomic E-state index is 0.0690. The maximum absolute atomic E-state index is 14.0. The van der Waals surface area contributed by atoms with E-state index in [2.05, 4.69) is 32.3 Å². The maximum atomic E-state index is 14.0. The standard InChI is InChI=1S/C33H43N7O7S/c1-17(2)13-21-28(43)36-22(14-19-18-9-6-7-10-20(18)35-24(19)16-34)29(44)38-23(15-26(41)42)32(47)40-12-8-11-25(40)30(45)39-27(31(46)37-21)33(3,4)48-5/h6-7,9-10,17,21-23,25,27,35H,8,11-15H2,1-5H3,(H,36,43)(H,37,46)(H,38,44)(H,39,45)(H,41,42). The predicted octanol–water partition coefficient (Wildman–Crippen LogP) is 1.19. The van der Waals surface area contributed by atoms with Crippen molar-refractivity contribution in [3.8, 4) is 6.07 Å². The number of aliphatic carboxylic acids is 1. The van der Waals surface area contributed by atoms with Crippen molar-refractivity contribution in [2.75, 3.05) is 12.8 Å². The van der Waals surface area contributed by atoms with Crippen LogP contribution < -0.4 is 21.3 Å². The molecule has 0 radical (unpaired) electrons. The Morgan fingerprint density at radius 3 is 2.29 bits per heavy atom. The number of hydrogen-bond donors (Lipinski definition) is 6. The summed E-state index contributed by atoms with van der Waals surface area (Å²) in [5.41, 5.74) is 1.25. The molecule has 1 aromatic heterocycles. The van der Waals surface area contributed by atoms with Gasteiger partial charge >= 0.3 is 5.97 Å². The number of aromatic amines is 1. The van der Waals surface area contributed by atoms with Gasteiger partial charge in [0, 0.05) is 28.6 Å². The summed E-state index contributed by atoms with van der Waals surface area (Å²) >= 11 is 1.34. The number of hydrogen-bond acceptors (Lipinski definition) is 8. The summed E-state index contributed by atoms with van der Waals surface area (Å²) in [6, 6.07) is 2.99. The summed E-state index contributed by atoms with van der Waals surface area (Å²) in [6.07, 6.45) is 1.75. The smallest absolute Gasteiger partial charge is 0.305 e. The van der Waals surface area contributed by atoms with Gasteiger partial charge in [-0.05, 0) is 56.9 Å². The van der Waals surface area contributed by atoms with Crippen molar-refractivity contribution in [1.29, 1.82) is 5.26 Å². The van der Waals surface area contributed by atoms with E-state index in [9.17, 15) is 39.1 Å². The van der Waals surface area contributed by atoms with E-state index in [1.165, 1.54) is 16.7 Å². The molecule has 0 spiro atoms. The Kier molecular flexibility index (Phi) is 11.4. The first-order valence-corrected chi connectivity index (χ1v) is 17.2. The molecular weight excluding hydrogens is 638 g/mol. The lowest BCUT2D eigenvalue weighted by atomic mass is 9.97. The maximum Gasteiger partial charge on any atom is 0.305 e. The van der Waals surface area contributed by atoms with Crippen LogP contribution in [-0.4, -0.2) is 98.3 Å². The SMILES string of the molecule is CSC(C)(C)C1NC(=O)C2CCCN2C(=O)C(CC(=O)O)NC(=O)C(Cc2c(C#N)[nH]c3ccccc23)NC(=O)C(CC(C)C)NC1=O. The lowest BCUT2D eigenvalue weighted by molar-refractivity contribution is -0.146. The Morgan fingerprint density at radius 2 is 1.65 bits per heavy atom. The average Bonchev–Trinajstić information content (AvgIpc) is 3.66. The molecule has 5 amide bonds. The van der Waals surface area contributed by atoms with Crippen LogP contribution in [0.4, 0.5) is 0 Å². The zero-order valence-electron chi connectivity index (χ0n) is 27.7. The molecule has 3 heterocycles. The molecule has 5 atom stereocenters. The number of nitriles is 1. The molecule has 1 aromatic carbocycles. The van der Waals surface area contributed by atoms with E-state index >= 15 is 0 Å². The van der Waals surface area contributed by atoms with Gasteiger partial charge in [0.05, 0.1) is 6.42 Å². The van der Waals surface area contributed by atoms with E-state index in [0.29, 0.717) is 22.9 Å². The van der Waals surface area contributed by atoms with Crippen LogP contribution in [0.3, 0.4) is 0 Å². The Morgan fingerprint density at radius 1 is 1.00 bits per heavy atom. The van der Waals surface area contributed by atoms with Gasteiger partial charge in [0.25, 0.3) is 0 Å². The van der Waals surface area contributed by atoms with Gasteiger partial charge in [-0.1, -0.05) is 32.0 Å². The molecule has 4 rings (SSSR count). The highest BCUT2D eigenvalue weighted by molar-refractivity contribution is 8.00. The van der Waals surface area contributed by atoms with Crippen molar-refractivity contribution in [2.45, 2.75) is 94.8 Å². The minimum atomic E-state index is -1.56. The molecule has 2 aromatic rings. The molecule has 48 heavy (non-hydrogen) atoms. The van der Waals surface area contributed by atoms with Crippen LogP contribution in [0.25, 0.3) is 10.9 Å². The zero-order valence-corrected chi connectivity index (χ0v) is 28.5. The summed E-state index contributed by atoms with van der Waals surface area (Å²) in [5.74, 6) is -4.95. The van der Waals surface area contributed by atoms with Crippen molar-refractivity contribution >= 4 is 58.2 Å². The Hall–Kier alpha value is -4.58. The number of fused-ring (bicyclic) bond motifs is 2. The largest absolute Gasteiger partial charge is 0.481 e. The van der Waals surface area contributed by atoms with Crippen molar-refractivity contribution in [1.82, 2.24) is 31.2 Å². The molecule has 0 saturated carbocycles. The van der Waals surface area contributed by atoms with Gasteiger partial charge < -0.3 is 36.3 Å². The van der Waals surface area contributed by atoms with Gasteiger partial charge in [-0.2, -0.15) is 17.0 Å². The lowest BCUT2D eigenvalue weighted by Crippen LogP contribution is -2.62. The first-order valence-electron chi connectivity index (χ1n) is 15.9. The molecule has 2 aliphatic heterocycles. The quantitative estimate of drug-likeness (QED) is 0.236. The number of carboxylic acids is 1. The molecule has 6 N–H and O–H groups in total. The molecule has 0 bridgehead atoms. The summed E-state index contributed by atoms with van der Waals surface area (Å²) in [6.45, 7) is 7.43. The second-order valence-corrected chi connectivity index (χ2v) is 14.7. The van der Waals surface area contributed by atoms with Crippen molar-refractivity contribution in [3.63, 3.8) is 0 Å². The van der Waals surface area contributed by atoms with Crippen molar-refractivity contribution < 1.29 is 33.9 Å². The summed E-state index contributed by atoms with van der Waals surface area (Å²) in [4.78, 5) is 85.7. The van der Waals surface area contributed by atoms with Crippen LogP contribution in [0.2, 0.25) is 0 Å². The molecule has 258 valence electrons. The molecule has 15 heteroatoms. The van der Waals surface area contributed by atoms with Crippen molar-refractivity contribution in [2.24, 2.45) is 5.92 Å². The molecule has 5 unspecified atom stereocenters. The first-order chi connectivity index (χ1) is 22.7. The third-order valence-electron chi connectivity index (χ3n) is 8.91. The fourth-order valence-corrected chi connectivity index (χ4v) is 6.61. The molecule has 2 saturated heterocycles. The number of para-hydroxylation sites is 1. The molecule has 14 nitrogen and oxygen atoms in total. The van der Waals surface area contributed by atoms with Gasteiger partial charge in [-0.3, -0.25) is 28.8 Å². The average molecular weight is 682 g/mol. The number of thioether (sulfide) groups is 1. The highest BCUT2D eigenvalue weighted by Gasteiger charge is 2.44. The monoisotopic (exact) mass is 681 g/mol. The zero-order chi connectivity index (χ0) is 35.3. The fraction of sp³-hybridized carbons (Fsp3) is 0.545. The van der Waals surface area contributed by atoms with Crippen molar-refractivity contribution in [3.05, 3.63) is 35.5 Å². The fourth-order valence-electron chi connectivity index (χ4n) is 6.21. The van der Waals surface area contributed by atoms with Crippen LogP contribution in [0.1, 0.15) is 64.6 Å². The second kappa shape index (κ2) is 15.1. The number of H-pyrrole nitrogens is 1. The number of rotatable bonds is 8. The summed E-state index contributed by atoms with van der Waals surface area (Å²) < 4.78 is -0.838. The Labute approximate surface area is 283 Å². The van der Waals surface area contributed by atoms with E-state index in [0.717, 1.165) is 0 Å². The number of benzene rings is 1. The van der Waals surface area contributed by atoms with E-state index in [-0.39, 0.29) is 37.4 Å². The Balaban J connectivity index is 1.83. The van der Waals surface area contributed by atoms with Crippen LogP contribution in [-0.2, 0) is 35.2 Å². The van der Waals surface area contributed by atoms with Gasteiger partial charge in [0.1, 0.15) is 42.0 Å². The summed E-state index contributed by atoms with van der Waals surface area (Å²) in [7, 11) is 0. The number of carbonyl (C=O) groups excluding carboxylic acids is 5. The van der Waals surface area contributed by atoms with E-state index < -0.39 is 76.9 Å². The van der Waals surface area contributed by atoms with Crippen LogP contribution in [0, 0.1) is 17.2 Å². The molecule has 0 aliphatic carbocycles. The second-order valence-electron chi connectivity index (χ2n) is 13.2. The van der Waals surface area contributed by atoms with E-state index in [1.807, 2.05) is 13.8 Å². The normalized spacial score (nSPS) is 24.6. The van der Waals surface area contributed by atoms with Crippen LogP contribution in [0.15, 0.2) is 24.3 Å². The molecular formula is C33H43N7O7S. The Bertz CT molecular complexity index is 1630. The molecule has 2 fully saturated rings. The van der Waals surface area contributed by atoms with Crippen LogP contribution >= 0.6 is 11.8 Å². The van der Waals surface area contributed by atoms with Gasteiger partial charge in [0.2, 0.25) is 29.5 Å². The van der Waals surface area contributed by atoms with Crippen LogP contribution in [0.5, 0.6) is 0 Å². The lowest BCUT2D eigenvalue weighted by Gasteiger charge is -2.35. The highest BCUT2D eigenvalue weighted by atomic mass is 32.2. The number of nitrogens with zero attached hydrogens (tertiary/aromatic N) is 2. The minimum Gasteiger partial charge on any atom is -0.481 e. The van der Waals surface area contributed by atoms with E-state index in [1.54, 1.807) is 44.4 Å². The topological polar surface area (TPSA) is 214 Å². The number of nitrogens with one attached hydrogen (secondary N) is 5. The van der Waals surface area contributed by atoms with Gasteiger partial charge in [-0.15, -0.1) is 0 Å². The third-order valence-corrected chi connectivity index (χ3v) is 10.2. The highest BCUT2D eigenvalue weighted by Crippen LogP contribution is 2.28. The van der Waals surface area contributed by atoms with E-state index in [4.69, 9.17) is 0 Å². The summed E-state index contributed by atoms with van der Waals surface area (Å²) in [5, 5.41) is 31.1. The number of carboxylic acid groups (broad SMARTS) is 1. The third kappa shape index (κ3) is 8.10. The molecule has 2 aliphatic rings. The van der Waals surface area contributed by atoms with Gasteiger partial charge in [0.15, 0.2) is 0 Å². The predicted molar refractivity (Wildman–Crippen MR) is 178 cm³/mol. The number of amides is 5. The number of carbonyl (C=O) groups is 6. The number of aromatic nitrogens is 1. The van der Waals surface area contributed by atoms with Gasteiger partial charge in [-0.25, -0.2) is 0 Å².